The fraction of sp³-hybridized carbons (Fsp3) is 0.143. The van der Waals surface area contributed by atoms with E-state index in [0.717, 1.165) is 28.8 Å². The maximum absolute atomic E-state index is 13.0. The van der Waals surface area contributed by atoms with Gasteiger partial charge in [-0.15, -0.1) is 6.42 Å². The third kappa shape index (κ3) is 5.06. The van der Waals surface area contributed by atoms with E-state index in [4.69, 9.17) is 28.1 Å². The zero-order valence-electron chi connectivity index (χ0n) is 15.8. The van der Waals surface area contributed by atoms with Gasteiger partial charge in [0.2, 0.25) is 0 Å². The van der Waals surface area contributed by atoms with E-state index < -0.39 is 17.6 Å². The summed E-state index contributed by atoms with van der Waals surface area (Å²) in [6.07, 6.45) is 2.26. The summed E-state index contributed by atoms with van der Waals surface area (Å²) in [5, 5.41) is 0. The molecule has 0 saturated carbocycles. The Labute approximate surface area is 194 Å². The molecule has 1 fully saturated rings. The molecule has 10 heteroatoms. The fourth-order valence-corrected chi connectivity index (χ4v) is 4.61. The van der Waals surface area contributed by atoms with Gasteiger partial charge in [0.1, 0.15) is 6.61 Å². The average molecular weight is 528 g/mol. The molecule has 0 aliphatic carbocycles. The lowest BCUT2D eigenvalue weighted by Crippen LogP contribution is -2.27. The minimum atomic E-state index is -4.53. The molecule has 2 aromatic rings. The highest BCUT2D eigenvalue weighted by Gasteiger charge is 2.36. The minimum Gasteiger partial charge on any atom is -0.493 e. The molecule has 4 nitrogen and oxygen atoms in total. The summed E-state index contributed by atoms with van der Waals surface area (Å²) in [5.41, 5.74) is -0.210. The number of thioether (sulfide) groups is 1. The van der Waals surface area contributed by atoms with Crippen molar-refractivity contribution in [1.29, 1.82) is 0 Å². The highest BCUT2D eigenvalue weighted by molar-refractivity contribution is 9.10. The highest BCUT2D eigenvalue weighted by atomic mass is 79.9. The molecule has 1 amide bonds. The lowest BCUT2D eigenvalue weighted by Gasteiger charge is -2.16. The van der Waals surface area contributed by atoms with Gasteiger partial charge in [0.05, 0.1) is 27.7 Å². The number of hydrogen-bond acceptors (Lipinski definition) is 5. The monoisotopic (exact) mass is 527 g/mol. The van der Waals surface area contributed by atoms with Crippen molar-refractivity contribution in [1.82, 2.24) is 0 Å². The number of thiocarbonyl (C=S) groups is 1. The Morgan fingerprint density at radius 3 is 2.71 bits per heavy atom. The van der Waals surface area contributed by atoms with E-state index in [0.29, 0.717) is 21.5 Å². The number of carbonyl (C=O) groups excluding carboxylic acids is 1. The second-order valence-electron chi connectivity index (χ2n) is 6.09. The number of alkyl halides is 3. The van der Waals surface area contributed by atoms with Crippen molar-refractivity contribution in [3.05, 3.63) is 56.9 Å². The summed E-state index contributed by atoms with van der Waals surface area (Å²) in [7, 11) is 1.46. The van der Waals surface area contributed by atoms with Gasteiger partial charge in [0, 0.05) is 0 Å². The van der Waals surface area contributed by atoms with Crippen LogP contribution < -0.4 is 14.4 Å². The normalized spacial score (nSPS) is 15.4. The van der Waals surface area contributed by atoms with Crippen LogP contribution in [0.5, 0.6) is 11.5 Å². The molecule has 31 heavy (non-hydrogen) atoms. The van der Waals surface area contributed by atoms with Gasteiger partial charge in [-0.1, -0.05) is 36.0 Å². The molecule has 160 valence electrons. The van der Waals surface area contributed by atoms with Crippen molar-refractivity contribution in [2.75, 3.05) is 18.6 Å². The van der Waals surface area contributed by atoms with Crippen molar-refractivity contribution in [2.45, 2.75) is 6.18 Å². The largest absolute Gasteiger partial charge is 0.493 e. The number of halogens is 4. The van der Waals surface area contributed by atoms with Crippen LogP contribution in [0.2, 0.25) is 0 Å². The molecular formula is C21H13BrF3NO3S2. The third-order valence-electron chi connectivity index (χ3n) is 4.07. The Kier molecular flexibility index (Phi) is 6.99. The van der Waals surface area contributed by atoms with Gasteiger partial charge < -0.3 is 9.47 Å². The second kappa shape index (κ2) is 9.34. The number of amides is 1. The molecule has 0 N–H and O–H groups in total. The molecule has 2 aromatic carbocycles. The van der Waals surface area contributed by atoms with Crippen LogP contribution in [0.1, 0.15) is 11.1 Å². The zero-order chi connectivity index (χ0) is 22.8. The van der Waals surface area contributed by atoms with Crippen LogP contribution in [-0.4, -0.2) is 23.9 Å². The summed E-state index contributed by atoms with van der Waals surface area (Å²) < 4.78 is 50.6. The first-order chi connectivity index (χ1) is 14.7. The van der Waals surface area contributed by atoms with E-state index in [-0.39, 0.29) is 21.5 Å². The van der Waals surface area contributed by atoms with E-state index in [2.05, 4.69) is 21.9 Å². The van der Waals surface area contributed by atoms with Crippen molar-refractivity contribution < 1.29 is 27.4 Å². The van der Waals surface area contributed by atoms with Gasteiger partial charge in [-0.05, 0) is 57.9 Å². The number of methoxy groups -OCH3 is 1. The molecule has 1 aliphatic rings. The third-order valence-corrected chi connectivity index (χ3v) is 5.97. The molecular weight excluding hydrogens is 515 g/mol. The minimum absolute atomic E-state index is 0.0456. The van der Waals surface area contributed by atoms with Crippen LogP contribution in [0, 0.1) is 12.3 Å². The van der Waals surface area contributed by atoms with E-state index >= 15 is 0 Å². The molecule has 0 spiro atoms. The van der Waals surface area contributed by atoms with Crippen LogP contribution in [-0.2, 0) is 11.0 Å². The number of nitrogens with zero attached hydrogens (tertiary/aromatic N) is 1. The topological polar surface area (TPSA) is 38.8 Å². The number of rotatable bonds is 5. The summed E-state index contributed by atoms with van der Waals surface area (Å²) >= 11 is 9.62. The van der Waals surface area contributed by atoms with Crippen LogP contribution in [0.4, 0.5) is 18.9 Å². The summed E-state index contributed by atoms with van der Waals surface area (Å²) in [5.74, 6) is 2.65. The lowest BCUT2D eigenvalue weighted by molar-refractivity contribution is -0.137. The van der Waals surface area contributed by atoms with Crippen molar-refractivity contribution >= 4 is 61.9 Å². The van der Waals surface area contributed by atoms with E-state index in [1.807, 2.05) is 0 Å². The quantitative estimate of drug-likeness (QED) is 0.275. The van der Waals surface area contributed by atoms with Gasteiger partial charge in [0.15, 0.2) is 15.8 Å². The van der Waals surface area contributed by atoms with Gasteiger partial charge in [0.25, 0.3) is 5.91 Å². The van der Waals surface area contributed by atoms with Crippen LogP contribution >= 0.6 is 39.9 Å². The fourth-order valence-electron chi connectivity index (χ4n) is 2.74. The first-order valence-electron chi connectivity index (χ1n) is 8.54. The molecule has 0 bridgehead atoms. The standard InChI is InChI=1S/C21H13BrF3NO3S2/c1-3-7-29-18-15(22)8-12(9-16(18)28-2)10-17-19(27)26(20(30)31-17)14-6-4-5-13(11-14)21(23,24)25/h1,4-6,8-11H,7H2,2H3/b17-10+. The first-order valence-corrected chi connectivity index (χ1v) is 10.6. The lowest BCUT2D eigenvalue weighted by atomic mass is 10.1. The molecule has 1 heterocycles. The second-order valence-corrected chi connectivity index (χ2v) is 8.62. The van der Waals surface area contributed by atoms with Crippen molar-refractivity contribution in [2.24, 2.45) is 0 Å². The predicted octanol–water partition coefficient (Wildman–Crippen LogP) is 5.89. The van der Waals surface area contributed by atoms with Crippen LogP contribution in [0.3, 0.4) is 0 Å². The Balaban J connectivity index is 1.94. The summed E-state index contributed by atoms with van der Waals surface area (Å²) in [4.78, 5) is 14.2. The number of anilines is 1. The predicted molar refractivity (Wildman–Crippen MR) is 122 cm³/mol. The molecule has 1 saturated heterocycles. The molecule has 0 aromatic heterocycles. The smallest absolute Gasteiger partial charge is 0.416 e. The number of ether oxygens (including phenoxy) is 2. The van der Waals surface area contributed by atoms with Crippen LogP contribution in [0.15, 0.2) is 45.8 Å². The number of hydrogen-bond donors (Lipinski definition) is 0. The Bertz CT molecular complexity index is 1130. The molecule has 3 rings (SSSR count). The molecule has 0 atom stereocenters. The van der Waals surface area contributed by atoms with Crippen molar-refractivity contribution in [3.63, 3.8) is 0 Å². The van der Waals surface area contributed by atoms with E-state index in [1.165, 1.54) is 19.2 Å². The SMILES string of the molecule is C#CCOc1c(Br)cc(/C=C2/SC(=S)N(c3cccc(C(F)(F)F)c3)C2=O)cc1OC. The number of terminal acetylenes is 1. The van der Waals surface area contributed by atoms with Gasteiger partial charge in [-0.3, -0.25) is 9.69 Å². The van der Waals surface area contributed by atoms with Gasteiger partial charge >= 0.3 is 6.18 Å². The van der Waals surface area contributed by atoms with Gasteiger partial charge in [-0.25, -0.2) is 0 Å². The summed E-state index contributed by atoms with van der Waals surface area (Å²) in [6.45, 7) is 0.0456. The van der Waals surface area contributed by atoms with E-state index in [1.54, 1.807) is 18.2 Å². The number of carbonyl (C=O) groups is 1. The zero-order valence-corrected chi connectivity index (χ0v) is 19.0. The van der Waals surface area contributed by atoms with Gasteiger partial charge in [-0.2, -0.15) is 13.2 Å². The highest BCUT2D eigenvalue weighted by Crippen LogP contribution is 2.41. The summed E-state index contributed by atoms with van der Waals surface area (Å²) in [6, 6.07) is 7.81. The average Bonchev–Trinajstić information content (AvgIpc) is 2.99. The maximum atomic E-state index is 13.0. The Morgan fingerprint density at radius 1 is 1.32 bits per heavy atom. The first kappa shape index (κ1) is 23.2. The molecule has 1 aliphatic heterocycles. The van der Waals surface area contributed by atoms with E-state index in [9.17, 15) is 18.0 Å². The number of benzene rings is 2. The molecule has 0 radical (unpaired) electrons. The Hall–Kier alpha value is -2.48. The van der Waals surface area contributed by atoms with Crippen LogP contribution in [0.25, 0.3) is 6.08 Å². The Morgan fingerprint density at radius 2 is 2.06 bits per heavy atom. The van der Waals surface area contributed by atoms with Crippen molar-refractivity contribution in [3.8, 4) is 23.8 Å². The molecule has 0 unspecified atom stereocenters. The maximum Gasteiger partial charge on any atom is 0.416 e.